The van der Waals surface area contributed by atoms with E-state index in [-0.39, 0.29) is 11.3 Å². The van der Waals surface area contributed by atoms with E-state index in [1.165, 1.54) is 12.0 Å². The molecule has 1 aliphatic heterocycles. The summed E-state index contributed by atoms with van der Waals surface area (Å²) in [6, 6.07) is 11.4. The first-order valence-electron chi connectivity index (χ1n) is 10.3. The van der Waals surface area contributed by atoms with Crippen molar-refractivity contribution in [1.82, 2.24) is 14.8 Å². The number of amides is 1. The van der Waals surface area contributed by atoms with E-state index >= 15 is 0 Å². The molecule has 1 atom stereocenters. The van der Waals surface area contributed by atoms with Crippen molar-refractivity contribution in [3.8, 4) is 5.75 Å². The van der Waals surface area contributed by atoms with Crippen LogP contribution in [0, 0.1) is 0 Å². The van der Waals surface area contributed by atoms with Gasteiger partial charge in [0, 0.05) is 18.1 Å². The van der Waals surface area contributed by atoms with Gasteiger partial charge >= 0.3 is 0 Å². The number of pyridine rings is 1. The van der Waals surface area contributed by atoms with Crippen LogP contribution in [0.3, 0.4) is 0 Å². The quantitative estimate of drug-likeness (QED) is 0.542. The van der Waals surface area contributed by atoms with Crippen molar-refractivity contribution in [3.05, 3.63) is 71.4 Å². The highest BCUT2D eigenvalue weighted by atomic mass is 16.5. The van der Waals surface area contributed by atoms with Gasteiger partial charge in [-0.1, -0.05) is 18.2 Å². The van der Waals surface area contributed by atoms with Gasteiger partial charge in [-0.05, 0) is 51.3 Å². The molecule has 1 aromatic carbocycles. The van der Waals surface area contributed by atoms with Gasteiger partial charge in [0.15, 0.2) is 22.9 Å². The van der Waals surface area contributed by atoms with Gasteiger partial charge in [-0.3, -0.25) is 14.6 Å². The number of furan rings is 1. The molecule has 1 unspecified atom stereocenters. The molecule has 1 aliphatic rings. The molecule has 0 spiro atoms. The Kier molecular flexibility index (Phi) is 5.96. The zero-order valence-electron chi connectivity index (χ0n) is 18.2. The molecule has 0 saturated heterocycles. The van der Waals surface area contributed by atoms with Crippen molar-refractivity contribution in [2.75, 3.05) is 34.3 Å². The third-order valence-corrected chi connectivity index (χ3v) is 5.47. The largest absolute Gasteiger partial charge is 0.503 e. The molecule has 0 bridgehead atoms. The Morgan fingerprint density at radius 2 is 2.06 bits per heavy atom. The Bertz CT molecular complexity index is 1180. The maximum Gasteiger partial charge on any atom is 0.290 e. The number of hydrogen-bond acceptors (Lipinski definition) is 7. The summed E-state index contributed by atoms with van der Waals surface area (Å²) in [4.78, 5) is 34.3. The van der Waals surface area contributed by atoms with Crippen LogP contribution >= 0.6 is 0 Å². The number of ether oxygens (including phenoxy) is 1. The van der Waals surface area contributed by atoms with Crippen LogP contribution in [0.4, 0.5) is 0 Å². The van der Waals surface area contributed by atoms with Crippen molar-refractivity contribution >= 4 is 22.7 Å². The number of hydrogen-bond donors (Lipinski definition) is 1. The molecule has 0 saturated carbocycles. The molecule has 166 valence electrons. The van der Waals surface area contributed by atoms with E-state index in [4.69, 9.17) is 9.15 Å². The maximum atomic E-state index is 13.5. The van der Waals surface area contributed by atoms with E-state index < -0.39 is 23.5 Å². The lowest BCUT2D eigenvalue weighted by Gasteiger charge is -2.26. The van der Waals surface area contributed by atoms with Crippen LogP contribution in [0.25, 0.3) is 11.0 Å². The van der Waals surface area contributed by atoms with Crippen molar-refractivity contribution in [1.29, 1.82) is 0 Å². The molecule has 2 aromatic heterocycles. The van der Waals surface area contributed by atoms with Gasteiger partial charge in [-0.15, -0.1) is 0 Å². The van der Waals surface area contributed by atoms with Gasteiger partial charge < -0.3 is 24.1 Å². The lowest BCUT2D eigenvalue weighted by molar-refractivity contribution is -0.129. The normalized spacial score (nSPS) is 16.4. The zero-order valence-corrected chi connectivity index (χ0v) is 18.2. The van der Waals surface area contributed by atoms with Gasteiger partial charge in [-0.25, -0.2) is 0 Å². The van der Waals surface area contributed by atoms with E-state index in [2.05, 4.69) is 4.98 Å². The second kappa shape index (κ2) is 8.84. The summed E-state index contributed by atoms with van der Waals surface area (Å²) >= 11 is 0. The van der Waals surface area contributed by atoms with E-state index in [1.54, 1.807) is 48.7 Å². The van der Waals surface area contributed by atoms with Crippen molar-refractivity contribution < 1.29 is 23.8 Å². The Balaban J connectivity index is 1.75. The molecule has 1 N–H and O–H groups in total. The molecule has 0 fully saturated rings. The molecule has 8 nitrogen and oxygen atoms in total. The number of para-hydroxylation sites is 1. The Hall–Kier alpha value is -3.65. The van der Waals surface area contributed by atoms with E-state index in [1.807, 2.05) is 19.0 Å². The number of aliphatic hydroxyl groups excluding tert-OH is 1. The highest BCUT2D eigenvalue weighted by Crippen LogP contribution is 2.39. The van der Waals surface area contributed by atoms with E-state index in [0.29, 0.717) is 35.4 Å². The minimum Gasteiger partial charge on any atom is -0.503 e. The van der Waals surface area contributed by atoms with Gasteiger partial charge in [0.05, 0.1) is 18.4 Å². The van der Waals surface area contributed by atoms with Gasteiger partial charge in [0.25, 0.3) is 5.91 Å². The molecule has 0 aliphatic carbocycles. The van der Waals surface area contributed by atoms with Gasteiger partial charge in [0.2, 0.25) is 5.78 Å². The first kappa shape index (κ1) is 21.6. The van der Waals surface area contributed by atoms with Crippen molar-refractivity contribution in [3.63, 3.8) is 0 Å². The number of Topliss-reactive ketones (excluding diaryl/α,β-unsaturated/α-hetero) is 1. The van der Waals surface area contributed by atoms with Crippen LogP contribution in [-0.2, 0) is 4.79 Å². The fourth-order valence-electron chi connectivity index (χ4n) is 3.96. The average molecular weight is 435 g/mol. The fourth-order valence-corrected chi connectivity index (χ4v) is 3.96. The summed E-state index contributed by atoms with van der Waals surface area (Å²) in [7, 11) is 5.41. The van der Waals surface area contributed by atoms with Crippen LogP contribution in [-0.4, -0.2) is 65.9 Å². The number of methoxy groups -OCH3 is 1. The Labute approximate surface area is 185 Å². The number of benzene rings is 1. The van der Waals surface area contributed by atoms with E-state index in [0.717, 1.165) is 6.54 Å². The van der Waals surface area contributed by atoms with Crippen LogP contribution in [0.5, 0.6) is 5.75 Å². The van der Waals surface area contributed by atoms with E-state index in [9.17, 15) is 14.7 Å². The number of nitrogens with zero attached hydrogens (tertiary/aromatic N) is 3. The van der Waals surface area contributed by atoms with Crippen LogP contribution < -0.4 is 4.74 Å². The van der Waals surface area contributed by atoms with Crippen molar-refractivity contribution in [2.45, 2.75) is 12.5 Å². The standard InChI is InChI=1S/C24H25N3O5/c1-26(2)12-7-13-27-20(16-9-4-5-11-25-16)19(22(29)24(27)30)21(28)18-14-15-8-6-10-17(31-3)23(15)32-18/h4-6,8-11,14,20,29H,7,12-13H2,1-3H3. The molecule has 4 rings (SSSR count). The highest BCUT2D eigenvalue weighted by Gasteiger charge is 2.45. The molecular formula is C24H25N3O5. The van der Waals surface area contributed by atoms with Crippen LogP contribution in [0.1, 0.15) is 28.7 Å². The number of ketones is 1. The predicted molar refractivity (Wildman–Crippen MR) is 119 cm³/mol. The third-order valence-electron chi connectivity index (χ3n) is 5.47. The zero-order chi connectivity index (χ0) is 22.8. The minimum absolute atomic E-state index is 0.0231. The summed E-state index contributed by atoms with van der Waals surface area (Å²) in [5, 5.41) is 11.4. The fraction of sp³-hybridized carbons (Fsp3) is 0.292. The smallest absolute Gasteiger partial charge is 0.290 e. The number of carbonyl (C=O) groups is 2. The Morgan fingerprint density at radius 1 is 1.25 bits per heavy atom. The summed E-state index contributed by atoms with van der Waals surface area (Å²) in [6.45, 7) is 1.12. The summed E-state index contributed by atoms with van der Waals surface area (Å²) in [5.41, 5.74) is 0.906. The minimum atomic E-state index is -0.798. The number of fused-ring (bicyclic) bond motifs is 1. The first-order chi connectivity index (χ1) is 15.4. The third kappa shape index (κ3) is 3.85. The summed E-state index contributed by atoms with van der Waals surface area (Å²) in [5.74, 6) is -1.19. The first-order valence-corrected chi connectivity index (χ1v) is 10.3. The Morgan fingerprint density at radius 3 is 2.75 bits per heavy atom. The average Bonchev–Trinajstić information content (AvgIpc) is 3.34. The van der Waals surface area contributed by atoms with Gasteiger partial charge in [0.1, 0.15) is 6.04 Å². The SMILES string of the molecule is COc1cccc2cc(C(=O)C3=C(O)C(=O)N(CCCN(C)C)C3c3ccccn3)oc12. The monoisotopic (exact) mass is 435 g/mol. The molecular weight excluding hydrogens is 410 g/mol. The second-order valence-corrected chi connectivity index (χ2v) is 7.89. The van der Waals surface area contributed by atoms with Crippen molar-refractivity contribution in [2.24, 2.45) is 0 Å². The maximum absolute atomic E-state index is 13.5. The molecule has 8 heteroatoms. The predicted octanol–water partition coefficient (Wildman–Crippen LogP) is 3.37. The topological polar surface area (TPSA) is 96.1 Å². The molecule has 3 heterocycles. The van der Waals surface area contributed by atoms with Crippen LogP contribution in [0.2, 0.25) is 0 Å². The number of aliphatic hydroxyl groups is 1. The summed E-state index contributed by atoms with van der Waals surface area (Å²) in [6.07, 6.45) is 2.28. The molecule has 32 heavy (non-hydrogen) atoms. The number of rotatable bonds is 8. The number of aromatic nitrogens is 1. The molecule has 0 radical (unpaired) electrons. The highest BCUT2D eigenvalue weighted by molar-refractivity contribution is 6.16. The molecule has 1 amide bonds. The second-order valence-electron chi connectivity index (χ2n) is 7.89. The lowest BCUT2D eigenvalue weighted by atomic mass is 9.98. The van der Waals surface area contributed by atoms with Crippen LogP contribution in [0.15, 0.2) is 64.4 Å². The summed E-state index contributed by atoms with van der Waals surface area (Å²) < 4.78 is 11.1. The number of carbonyl (C=O) groups excluding carboxylic acids is 2. The lowest BCUT2D eigenvalue weighted by Crippen LogP contribution is -2.33. The van der Waals surface area contributed by atoms with Gasteiger partial charge in [-0.2, -0.15) is 0 Å². The molecule has 3 aromatic rings.